The van der Waals surface area contributed by atoms with Gasteiger partial charge in [0.2, 0.25) is 0 Å². The molecule has 2 N–H and O–H groups in total. The van der Waals surface area contributed by atoms with Gasteiger partial charge in [0.25, 0.3) is 0 Å². The molecule has 0 aromatic heterocycles. The molecule has 0 bridgehead atoms. The van der Waals surface area contributed by atoms with Gasteiger partial charge < -0.3 is 15.4 Å². The third kappa shape index (κ3) is 3.51. The van der Waals surface area contributed by atoms with Gasteiger partial charge in [-0.05, 0) is 51.2 Å². The number of hydrogen-bond donors (Lipinski definition) is 1. The molecule has 112 valence electrons. The zero-order valence-corrected chi connectivity index (χ0v) is 12.9. The molecule has 2 unspecified atom stereocenters. The normalized spacial score (nSPS) is 21.9. The van der Waals surface area contributed by atoms with Gasteiger partial charge in [0.15, 0.2) is 0 Å². The van der Waals surface area contributed by atoms with Crippen molar-refractivity contribution in [1.82, 2.24) is 9.80 Å². The first kappa shape index (κ1) is 15.3. The van der Waals surface area contributed by atoms with Crippen LogP contribution < -0.4 is 10.5 Å². The van der Waals surface area contributed by atoms with E-state index in [1.807, 2.05) is 12.1 Å². The predicted octanol–water partition coefficient (Wildman–Crippen LogP) is 1.72. The van der Waals surface area contributed by atoms with E-state index in [0.717, 1.165) is 18.8 Å². The van der Waals surface area contributed by atoms with Crippen molar-refractivity contribution in [3.05, 3.63) is 29.8 Å². The molecular formula is C16H27N3O. The first-order valence-electron chi connectivity index (χ1n) is 7.40. The number of ether oxygens (including phenoxy) is 1. The second kappa shape index (κ2) is 7.07. The lowest BCUT2D eigenvalue weighted by atomic mass is 9.98. The fourth-order valence-electron chi connectivity index (χ4n) is 3.03. The fraction of sp³-hybridized carbons (Fsp3) is 0.625. The van der Waals surface area contributed by atoms with Crippen molar-refractivity contribution in [1.29, 1.82) is 0 Å². The summed E-state index contributed by atoms with van der Waals surface area (Å²) in [6.45, 7) is 2.86. The van der Waals surface area contributed by atoms with Crippen molar-refractivity contribution in [3.8, 4) is 5.75 Å². The van der Waals surface area contributed by atoms with Crippen LogP contribution in [0.1, 0.15) is 24.4 Å². The highest BCUT2D eigenvalue weighted by atomic mass is 16.5. The molecule has 1 aliphatic rings. The van der Waals surface area contributed by atoms with Gasteiger partial charge in [-0.3, -0.25) is 4.90 Å². The van der Waals surface area contributed by atoms with Crippen molar-refractivity contribution in [2.24, 2.45) is 5.73 Å². The Bertz CT molecular complexity index is 422. The van der Waals surface area contributed by atoms with E-state index in [2.05, 4.69) is 36.0 Å². The molecule has 1 aromatic carbocycles. The zero-order chi connectivity index (χ0) is 14.5. The molecule has 0 saturated carbocycles. The van der Waals surface area contributed by atoms with Gasteiger partial charge in [0.1, 0.15) is 5.75 Å². The Morgan fingerprint density at radius 1 is 1.45 bits per heavy atom. The molecule has 1 aromatic rings. The van der Waals surface area contributed by atoms with E-state index in [1.165, 1.54) is 18.4 Å². The van der Waals surface area contributed by atoms with Gasteiger partial charge >= 0.3 is 0 Å². The Hall–Kier alpha value is -1.10. The van der Waals surface area contributed by atoms with Crippen LogP contribution in [0.2, 0.25) is 0 Å². The maximum absolute atomic E-state index is 6.05. The van der Waals surface area contributed by atoms with Crippen LogP contribution in [0.15, 0.2) is 24.3 Å². The molecule has 4 heteroatoms. The lowest BCUT2D eigenvalue weighted by Crippen LogP contribution is -2.47. The van der Waals surface area contributed by atoms with Crippen molar-refractivity contribution >= 4 is 0 Å². The van der Waals surface area contributed by atoms with Crippen molar-refractivity contribution < 1.29 is 4.74 Å². The minimum absolute atomic E-state index is 0.285. The van der Waals surface area contributed by atoms with Crippen LogP contribution >= 0.6 is 0 Å². The highest BCUT2D eigenvalue weighted by Crippen LogP contribution is 2.27. The average molecular weight is 277 g/mol. The van der Waals surface area contributed by atoms with E-state index in [4.69, 9.17) is 10.5 Å². The van der Waals surface area contributed by atoms with E-state index in [0.29, 0.717) is 12.6 Å². The Morgan fingerprint density at radius 2 is 2.25 bits per heavy atom. The van der Waals surface area contributed by atoms with Crippen LogP contribution in [0.4, 0.5) is 0 Å². The van der Waals surface area contributed by atoms with E-state index in [-0.39, 0.29) is 6.04 Å². The summed E-state index contributed by atoms with van der Waals surface area (Å²) in [6, 6.07) is 9.20. The van der Waals surface area contributed by atoms with Gasteiger partial charge in [0, 0.05) is 25.2 Å². The Kier molecular flexibility index (Phi) is 5.40. The molecular weight excluding hydrogens is 250 g/mol. The Balaban J connectivity index is 2.14. The number of benzene rings is 1. The summed E-state index contributed by atoms with van der Waals surface area (Å²) < 4.78 is 5.33. The number of methoxy groups -OCH3 is 1. The largest absolute Gasteiger partial charge is 0.497 e. The monoisotopic (exact) mass is 277 g/mol. The quantitative estimate of drug-likeness (QED) is 0.890. The van der Waals surface area contributed by atoms with Gasteiger partial charge in [-0.15, -0.1) is 0 Å². The molecule has 1 fully saturated rings. The van der Waals surface area contributed by atoms with Crippen molar-refractivity contribution in [2.45, 2.75) is 24.9 Å². The standard InChI is InChI=1S/C16H27N3O/c1-18(2)14-7-5-9-19(12-14)16(11-17)13-6-4-8-15(10-13)20-3/h4,6,8,10,14,16H,5,7,9,11-12,17H2,1-3H3. The molecule has 4 nitrogen and oxygen atoms in total. The fourth-order valence-corrected chi connectivity index (χ4v) is 3.03. The van der Waals surface area contributed by atoms with Crippen LogP contribution in [0.3, 0.4) is 0 Å². The number of likely N-dealkylation sites (tertiary alicyclic amines) is 1. The molecule has 0 radical (unpaired) electrons. The molecule has 1 heterocycles. The van der Waals surface area contributed by atoms with E-state index in [9.17, 15) is 0 Å². The van der Waals surface area contributed by atoms with E-state index in [1.54, 1.807) is 7.11 Å². The third-order valence-corrected chi connectivity index (χ3v) is 4.30. The second-order valence-electron chi connectivity index (χ2n) is 5.78. The van der Waals surface area contributed by atoms with Gasteiger partial charge in [-0.25, -0.2) is 0 Å². The van der Waals surface area contributed by atoms with E-state index < -0.39 is 0 Å². The van der Waals surface area contributed by atoms with Crippen LogP contribution in [0, 0.1) is 0 Å². The highest BCUT2D eigenvalue weighted by Gasteiger charge is 2.27. The molecule has 1 saturated heterocycles. The first-order chi connectivity index (χ1) is 9.65. The van der Waals surface area contributed by atoms with Gasteiger partial charge in [-0.1, -0.05) is 12.1 Å². The maximum Gasteiger partial charge on any atom is 0.119 e. The number of piperidine rings is 1. The van der Waals surface area contributed by atoms with Gasteiger partial charge in [0.05, 0.1) is 7.11 Å². The third-order valence-electron chi connectivity index (χ3n) is 4.30. The first-order valence-corrected chi connectivity index (χ1v) is 7.40. The molecule has 0 aliphatic carbocycles. The molecule has 1 aliphatic heterocycles. The average Bonchev–Trinajstić information content (AvgIpc) is 2.48. The molecule has 20 heavy (non-hydrogen) atoms. The van der Waals surface area contributed by atoms with Crippen LogP contribution in [-0.4, -0.2) is 56.7 Å². The molecule has 0 amide bonds. The number of nitrogens with zero attached hydrogens (tertiary/aromatic N) is 2. The lowest BCUT2D eigenvalue weighted by molar-refractivity contribution is 0.0983. The Morgan fingerprint density at radius 3 is 2.90 bits per heavy atom. The number of nitrogens with two attached hydrogens (primary N) is 1. The summed E-state index contributed by atoms with van der Waals surface area (Å²) >= 11 is 0. The van der Waals surface area contributed by atoms with Crippen molar-refractivity contribution in [2.75, 3.05) is 40.8 Å². The Labute approximate surface area is 122 Å². The summed E-state index contributed by atoms with van der Waals surface area (Å²) in [5, 5.41) is 0. The molecule has 2 atom stereocenters. The number of likely N-dealkylation sites (N-methyl/N-ethyl adjacent to an activating group) is 1. The highest BCUT2D eigenvalue weighted by molar-refractivity contribution is 5.30. The maximum atomic E-state index is 6.05. The van der Waals surface area contributed by atoms with Gasteiger partial charge in [-0.2, -0.15) is 0 Å². The minimum Gasteiger partial charge on any atom is -0.497 e. The van der Waals surface area contributed by atoms with Crippen molar-refractivity contribution in [3.63, 3.8) is 0 Å². The predicted molar refractivity (Wildman–Crippen MR) is 83.1 cm³/mol. The second-order valence-corrected chi connectivity index (χ2v) is 5.78. The smallest absolute Gasteiger partial charge is 0.119 e. The minimum atomic E-state index is 0.285. The summed E-state index contributed by atoms with van der Waals surface area (Å²) in [4.78, 5) is 4.84. The van der Waals surface area contributed by atoms with Crippen LogP contribution in [0.5, 0.6) is 5.75 Å². The zero-order valence-electron chi connectivity index (χ0n) is 12.9. The number of rotatable bonds is 5. The number of hydrogen-bond acceptors (Lipinski definition) is 4. The summed E-state index contributed by atoms with van der Waals surface area (Å²) in [5.41, 5.74) is 7.31. The SMILES string of the molecule is COc1cccc(C(CN)N2CCCC(N(C)C)C2)c1. The summed E-state index contributed by atoms with van der Waals surface area (Å²) in [6.07, 6.45) is 2.52. The summed E-state index contributed by atoms with van der Waals surface area (Å²) in [5.74, 6) is 0.905. The summed E-state index contributed by atoms with van der Waals surface area (Å²) in [7, 11) is 6.04. The van der Waals surface area contributed by atoms with Crippen LogP contribution in [-0.2, 0) is 0 Å². The topological polar surface area (TPSA) is 41.7 Å². The lowest BCUT2D eigenvalue weighted by Gasteiger charge is -2.40. The van der Waals surface area contributed by atoms with E-state index >= 15 is 0 Å². The molecule has 0 spiro atoms. The molecule has 2 rings (SSSR count). The van der Waals surface area contributed by atoms with Crippen LogP contribution in [0.25, 0.3) is 0 Å².